The number of rotatable bonds is 5. The predicted molar refractivity (Wildman–Crippen MR) is 94.1 cm³/mol. The number of carbonyl (C=O) groups excluding carboxylic acids is 1. The van der Waals surface area contributed by atoms with Crippen LogP contribution in [-0.2, 0) is 14.8 Å². The molecule has 2 heterocycles. The van der Waals surface area contributed by atoms with Crippen molar-refractivity contribution in [3.8, 4) is 5.69 Å². The summed E-state index contributed by atoms with van der Waals surface area (Å²) in [6, 6.07) is 3.39. The lowest BCUT2D eigenvalue weighted by Gasteiger charge is -2.11. The Kier molecular flexibility index (Phi) is 5.07. The number of carbonyl (C=O) groups is 1. The van der Waals surface area contributed by atoms with Crippen LogP contribution in [0, 0.1) is 5.92 Å². The van der Waals surface area contributed by atoms with E-state index in [4.69, 9.17) is 11.6 Å². The second-order valence-electron chi connectivity index (χ2n) is 6.08. The van der Waals surface area contributed by atoms with Gasteiger partial charge in [0.25, 0.3) is 0 Å². The van der Waals surface area contributed by atoms with E-state index in [-0.39, 0.29) is 23.0 Å². The summed E-state index contributed by atoms with van der Waals surface area (Å²) in [5.41, 5.74) is 1.14. The van der Waals surface area contributed by atoms with Crippen molar-refractivity contribution in [3.05, 3.63) is 35.9 Å². The summed E-state index contributed by atoms with van der Waals surface area (Å²) in [6.45, 7) is 0. The Labute approximate surface area is 150 Å². The number of anilines is 1. The molecule has 2 N–H and O–H groups in total. The van der Waals surface area contributed by atoms with Gasteiger partial charge in [0.15, 0.2) is 5.15 Å². The molecule has 1 saturated carbocycles. The number of aromatic nitrogens is 3. The van der Waals surface area contributed by atoms with E-state index in [0.717, 1.165) is 11.9 Å². The van der Waals surface area contributed by atoms with Gasteiger partial charge in [0, 0.05) is 18.2 Å². The van der Waals surface area contributed by atoms with Crippen LogP contribution in [-0.4, -0.2) is 41.4 Å². The molecule has 0 radical (unpaired) electrons. The minimum absolute atomic E-state index is 0.181. The van der Waals surface area contributed by atoms with Crippen LogP contribution in [0.15, 0.2) is 30.7 Å². The van der Waals surface area contributed by atoms with E-state index in [1.807, 2.05) is 6.07 Å². The maximum Gasteiger partial charge on any atom is 0.227 e. The summed E-state index contributed by atoms with van der Waals surface area (Å²) >= 11 is 6.10. The van der Waals surface area contributed by atoms with Crippen molar-refractivity contribution >= 4 is 33.2 Å². The van der Waals surface area contributed by atoms with Crippen LogP contribution in [0.25, 0.3) is 5.69 Å². The number of hydrogen-bond acceptors (Lipinski definition) is 5. The molecule has 0 spiro atoms. The molecule has 8 nitrogen and oxygen atoms in total. The van der Waals surface area contributed by atoms with E-state index < -0.39 is 10.0 Å². The lowest BCUT2D eigenvalue weighted by atomic mass is 10.1. The fourth-order valence-electron chi connectivity index (χ4n) is 2.92. The number of hydrogen-bond donors (Lipinski definition) is 2. The number of pyridine rings is 1. The molecule has 0 aliphatic heterocycles. The van der Waals surface area contributed by atoms with Crippen molar-refractivity contribution in [1.29, 1.82) is 0 Å². The molecule has 1 amide bonds. The quantitative estimate of drug-likeness (QED) is 0.815. The molecule has 0 bridgehead atoms. The summed E-state index contributed by atoms with van der Waals surface area (Å²) in [4.78, 5) is 16.4. The number of amides is 1. The second-order valence-corrected chi connectivity index (χ2v) is 8.21. The highest BCUT2D eigenvalue weighted by Gasteiger charge is 2.31. The highest BCUT2D eigenvalue weighted by Crippen LogP contribution is 2.29. The fourth-order valence-corrected chi connectivity index (χ4v) is 3.92. The third-order valence-corrected chi connectivity index (χ3v) is 5.06. The number of nitrogens with zero attached hydrogens (tertiary/aromatic N) is 3. The maximum absolute atomic E-state index is 12.4. The average molecular weight is 384 g/mol. The summed E-state index contributed by atoms with van der Waals surface area (Å²) in [5.74, 6) is -0.456. The zero-order valence-corrected chi connectivity index (χ0v) is 15.1. The van der Waals surface area contributed by atoms with Gasteiger partial charge in [-0.25, -0.2) is 17.8 Å². The van der Waals surface area contributed by atoms with Gasteiger partial charge in [0.2, 0.25) is 15.9 Å². The first kappa shape index (κ1) is 17.8. The third-order valence-electron chi connectivity index (χ3n) is 4.02. The molecule has 10 heteroatoms. The van der Waals surface area contributed by atoms with Gasteiger partial charge in [0.05, 0.1) is 30.0 Å². The highest BCUT2D eigenvalue weighted by molar-refractivity contribution is 7.88. The van der Waals surface area contributed by atoms with Crippen LogP contribution in [0.5, 0.6) is 0 Å². The lowest BCUT2D eigenvalue weighted by Crippen LogP contribution is -2.32. The summed E-state index contributed by atoms with van der Waals surface area (Å²) < 4.78 is 26.7. The predicted octanol–water partition coefficient (Wildman–Crippen LogP) is 1.58. The van der Waals surface area contributed by atoms with Crippen LogP contribution in [0.3, 0.4) is 0 Å². The van der Waals surface area contributed by atoms with Gasteiger partial charge in [0.1, 0.15) is 0 Å². The van der Waals surface area contributed by atoms with E-state index in [1.165, 1.54) is 4.68 Å². The first-order chi connectivity index (χ1) is 11.8. The minimum atomic E-state index is -3.27. The molecule has 134 valence electrons. The van der Waals surface area contributed by atoms with Crippen molar-refractivity contribution in [2.75, 3.05) is 11.6 Å². The normalized spacial score (nSPS) is 20.6. The van der Waals surface area contributed by atoms with Gasteiger partial charge in [-0.1, -0.05) is 11.6 Å². The van der Waals surface area contributed by atoms with Crippen LogP contribution < -0.4 is 10.0 Å². The molecule has 25 heavy (non-hydrogen) atoms. The number of sulfonamides is 1. The van der Waals surface area contributed by atoms with Gasteiger partial charge >= 0.3 is 0 Å². The Hall–Kier alpha value is -1.97. The van der Waals surface area contributed by atoms with Gasteiger partial charge in [-0.2, -0.15) is 5.10 Å². The van der Waals surface area contributed by atoms with E-state index in [9.17, 15) is 13.2 Å². The van der Waals surface area contributed by atoms with E-state index >= 15 is 0 Å². The molecule has 2 atom stereocenters. The number of nitrogens with one attached hydrogen (secondary N) is 2. The molecule has 3 rings (SSSR count). The molecule has 1 fully saturated rings. The molecular weight excluding hydrogens is 366 g/mol. The Morgan fingerprint density at radius 1 is 1.40 bits per heavy atom. The molecule has 2 aromatic heterocycles. The summed E-state index contributed by atoms with van der Waals surface area (Å²) in [7, 11) is -3.27. The van der Waals surface area contributed by atoms with Crippen LogP contribution in [0.1, 0.15) is 19.3 Å². The van der Waals surface area contributed by atoms with Crippen molar-refractivity contribution in [2.24, 2.45) is 5.92 Å². The lowest BCUT2D eigenvalue weighted by molar-refractivity contribution is -0.119. The Morgan fingerprint density at radius 2 is 2.20 bits per heavy atom. The molecule has 1 aliphatic carbocycles. The first-order valence-corrected chi connectivity index (χ1v) is 10.0. The molecule has 2 unspecified atom stereocenters. The monoisotopic (exact) mass is 383 g/mol. The standard InChI is InChI=1S/C15H18ClN5O3S/c1-25(23,24)20-11-5-4-10(7-11)15(22)18-13-9-21(19-14(13)16)12-3-2-6-17-8-12/h2-3,6,8-11,20H,4-5,7H2,1H3,(H,18,22). The van der Waals surface area contributed by atoms with Crippen molar-refractivity contribution < 1.29 is 13.2 Å². The maximum atomic E-state index is 12.4. The van der Waals surface area contributed by atoms with Crippen LogP contribution >= 0.6 is 11.6 Å². The van der Waals surface area contributed by atoms with E-state index in [1.54, 1.807) is 24.7 Å². The molecule has 0 aromatic carbocycles. The van der Waals surface area contributed by atoms with Gasteiger partial charge in [-0.3, -0.25) is 9.78 Å². The zero-order valence-electron chi connectivity index (χ0n) is 13.5. The Balaban J connectivity index is 1.65. The van der Waals surface area contributed by atoms with Gasteiger partial charge in [-0.15, -0.1) is 0 Å². The molecular formula is C15H18ClN5O3S. The second kappa shape index (κ2) is 7.11. The smallest absolute Gasteiger partial charge is 0.227 e. The molecule has 0 saturated heterocycles. The molecule has 2 aromatic rings. The van der Waals surface area contributed by atoms with Crippen molar-refractivity contribution in [3.63, 3.8) is 0 Å². The Bertz CT molecular complexity index is 869. The van der Waals surface area contributed by atoms with Crippen LogP contribution in [0.2, 0.25) is 5.15 Å². The first-order valence-electron chi connectivity index (χ1n) is 7.75. The largest absolute Gasteiger partial charge is 0.322 e. The topological polar surface area (TPSA) is 106 Å². The summed E-state index contributed by atoms with van der Waals surface area (Å²) in [6.07, 6.45) is 7.74. The third kappa shape index (κ3) is 4.56. The SMILES string of the molecule is CS(=O)(=O)NC1CCC(C(=O)Nc2cn(-c3cccnc3)nc2Cl)C1. The van der Waals surface area contributed by atoms with Crippen LogP contribution in [0.4, 0.5) is 5.69 Å². The molecule has 1 aliphatic rings. The fraction of sp³-hybridized carbons (Fsp3) is 0.400. The Morgan fingerprint density at radius 3 is 2.88 bits per heavy atom. The van der Waals surface area contributed by atoms with E-state index in [0.29, 0.717) is 24.9 Å². The summed E-state index contributed by atoms with van der Waals surface area (Å²) in [5, 5.41) is 7.12. The average Bonchev–Trinajstić information content (AvgIpc) is 3.14. The van der Waals surface area contributed by atoms with Crippen molar-refractivity contribution in [2.45, 2.75) is 25.3 Å². The highest BCUT2D eigenvalue weighted by atomic mass is 35.5. The number of halogens is 1. The van der Waals surface area contributed by atoms with Gasteiger partial charge < -0.3 is 5.32 Å². The zero-order chi connectivity index (χ0) is 18.0. The minimum Gasteiger partial charge on any atom is -0.322 e. The van der Waals surface area contributed by atoms with Gasteiger partial charge in [-0.05, 0) is 31.4 Å². The van der Waals surface area contributed by atoms with E-state index in [2.05, 4.69) is 20.1 Å². The van der Waals surface area contributed by atoms with Crippen molar-refractivity contribution in [1.82, 2.24) is 19.5 Å².